The van der Waals surface area contributed by atoms with E-state index in [0.717, 1.165) is 31.4 Å². The third-order valence-electron chi connectivity index (χ3n) is 4.24. The molecule has 110 valence electrons. The summed E-state index contributed by atoms with van der Waals surface area (Å²) in [6.45, 7) is 4.33. The number of halogens is 2. The molecule has 0 heterocycles. The predicted octanol–water partition coefficient (Wildman–Crippen LogP) is 3.10. The van der Waals surface area contributed by atoms with Gasteiger partial charge < -0.3 is 11.1 Å². The molecule has 1 aromatic carbocycles. The number of nitrogens with one attached hydrogen (secondary N) is 1. The lowest BCUT2D eigenvalue weighted by atomic mass is 9.79. The third kappa shape index (κ3) is 3.08. The Morgan fingerprint density at radius 3 is 2.60 bits per heavy atom. The highest BCUT2D eigenvalue weighted by atomic mass is 19.1. The minimum Gasteiger partial charge on any atom is -0.396 e. The molecule has 5 heteroatoms. The van der Waals surface area contributed by atoms with Gasteiger partial charge in [0.25, 0.3) is 5.91 Å². The smallest absolute Gasteiger partial charge is 0.254 e. The fourth-order valence-corrected chi connectivity index (χ4v) is 2.72. The molecule has 20 heavy (non-hydrogen) atoms. The molecule has 1 saturated carbocycles. The Hall–Kier alpha value is -1.65. The van der Waals surface area contributed by atoms with Gasteiger partial charge in [-0.05, 0) is 43.2 Å². The molecule has 1 aliphatic carbocycles. The normalized spacial score (nSPS) is 26.3. The molecule has 3 nitrogen and oxygen atoms in total. The lowest BCUT2D eigenvalue weighted by molar-refractivity contribution is 0.0906. The zero-order chi connectivity index (χ0) is 14.9. The molecule has 3 atom stereocenters. The Kier molecular flexibility index (Phi) is 4.26. The van der Waals surface area contributed by atoms with Gasteiger partial charge in [0.2, 0.25) is 0 Å². The van der Waals surface area contributed by atoms with E-state index in [1.807, 2.05) is 0 Å². The summed E-state index contributed by atoms with van der Waals surface area (Å²) < 4.78 is 27.0. The number of amides is 1. The van der Waals surface area contributed by atoms with E-state index in [-0.39, 0.29) is 17.3 Å². The van der Waals surface area contributed by atoms with Crippen LogP contribution in [-0.2, 0) is 0 Å². The highest BCUT2D eigenvalue weighted by molar-refractivity contribution is 5.95. The number of nitrogen functional groups attached to an aromatic ring is 1. The Morgan fingerprint density at radius 2 is 1.95 bits per heavy atom. The molecule has 1 aliphatic rings. The zero-order valence-corrected chi connectivity index (χ0v) is 11.7. The summed E-state index contributed by atoms with van der Waals surface area (Å²) in [4.78, 5) is 12.1. The van der Waals surface area contributed by atoms with Crippen molar-refractivity contribution in [2.75, 3.05) is 5.73 Å². The van der Waals surface area contributed by atoms with Gasteiger partial charge in [-0.15, -0.1) is 0 Å². The number of rotatable bonds is 2. The van der Waals surface area contributed by atoms with E-state index in [0.29, 0.717) is 11.8 Å². The first-order chi connectivity index (χ1) is 9.38. The maximum atomic E-state index is 13.8. The number of hydrogen-bond acceptors (Lipinski definition) is 2. The highest BCUT2D eigenvalue weighted by Gasteiger charge is 2.26. The first-order valence-corrected chi connectivity index (χ1v) is 6.94. The van der Waals surface area contributed by atoms with Crippen LogP contribution < -0.4 is 11.1 Å². The summed E-state index contributed by atoms with van der Waals surface area (Å²) in [5.74, 6) is -1.03. The molecule has 0 aliphatic heterocycles. The van der Waals surface area contributed by atoms with Crippen molar-refractivity contribution < 1.29 is 13.6 Å². The summed E-state index contributed by atoms with van der Waals surface area (Å²) in [5, 5.41) is 2.78. The van der Waals surface area contributed by atoms with Gasteiger partial charge in [0.15, 0.2) is 5.82 Å². The van der Waals surface area contributed by atoms with Crippen LogP contribution in [0.15, 0.2) is 12.1 Å². The minimum atomic E-state index is -0.860. The fourth-order valence-electron chi connectivity index (χ4n) is 2.72. The van der Waals surface area contributed by atoms with E-state index in [4.69, 9.17) is 5.73 Å². The van der Waals surface area contributed by atoms with Crippen molar-refractivity contribution in [1.82, 2.24) is 5.32 Å². The van der Waals surface area contributed by atoms with E-state index in [1.54, 1.807) is 0 Å². The standard InChI is InChI=1S/C15H20F2N2O/c1-8-3-4-11(5-9(8)2)19-15(20)12-6-10(16)7-13(18)14(12)17/h6-9,11H,3-5,18H2,1-2H3,(H,19,20). The molecule has 0 radical (unpaired) electrons. The van der Waals surface area contributed by atoms with Crippen LogP contribution in [-0.4, -0.2) is 11.9 Å². The molecule has 2 rings (SSSR count). The van der Waals surface area contributed by atoms with E-state index in [1.165, 1.54) is 0 Å². The van der Waals surface area contributed by atoms with Crippen LogP contribution in [0.4, 0.5) is 14.5 Å². The molecular formula is C15H20F2N2O. The molecule has 0 aromatic heterocycles. The van der Waals surface area contributed by atoms with Crippen LogP contribution >= 0.6 is 0 Å². The minimum absolute atomic E-state index is 0.0117. The van der Waals surface area contributed by atoms with Crippen LogP contribution in [0.25, 0.3) is 0 Å². The second-order valence-corrected chi connectivity index (χ2v) is 5.79. The summed E-state index contributed by atoms with van der Waals surface area (Å²) in [5.41, 5.74) is 4.67. The number of carbonyl (C=O) groups excluding carboxylic acids is 1. The summed E-state index contributed by atoms with van der Waals surface area (Å²) in [6, 6.07) is 1.77. The van der Waals surface area contributed by atoms with Crippen LogP contribution in [0.5, 0.6) is 0 Å². The molecule has 0 saturated heterocycles. The van der Waals surface area contributed by atoms with Crippen LogP contribution in [0, 0.1) is 23.5 Å². The third-order valence-corrected chi connectivity index (χ3v) is 4.24. The van der Waals surface area contributed by atoms with Crippen molar-refractivity contribution in [2.24, 2.45) is 11.8 Å². The van der Waals surface area contributed by atoms with Crippen LogP contribution in [0.3, 0.4) is 0 Å². The summed E-state index contributed by atoms with van der Waals surface area (Å²) >= 11 is 0. The van der Waals surface area contributed by atoms with Crippen molar-refractivity contribution in [3.05, 3.63) is 29.3 Å². The molecule has 3 unspecified atom stereocenters. The van der Waals surface area contributed by atoms with Crippen molar-refractivity contribution >= 4 is 11.6 Å². The van der Waals surface area contributed by atoms with Crippen LogP contribution in [0.2, 0.25) is 0 Å². The van der Waals surface area contributed by atoms with Gasteiger partial charge in [-0.2, -0.15) is 0 Å². The molecule has 0 bridgehead atoms. The quantitative estimate of drug-likeness (QED) is 0.819. The number of nitrogens with two attached hydrogens (primary N) is 1. The Balaban J connectivity index is 2.09. The molecule has 3 N–H and O–H groups in total. The van der Waals surface area contributed by atoms with Gasteiger partial charge in [0, 0.05) is 6.04 Å². The summed E-state index contributed by atoms with van der Waals surface area (Å²) in [7, 11) is 0. The number of carbonyl (C=O) groups is 1. The highest BCUT2D eigenvalue weighted by Crippen LogP contribution is 2.29. The molecule has 1 aromatic rings. The van der Waals surface area contributed by atoms with Gasteiger partial charge in [0.1, 0.15) is 5.82 Å². The molecular weight excluding hydrogens is 262 g/mol. The van der Waals surface area contributed by atoms with Crippen molar-refractivity contribution in [2.45, 2.75) is 39.2 Å². The van der Waals surface area contributed by atoms with E-state index < -0.39 is 17.5 Å². The lowest BCUT2D eigenvalue weighted by Gasteiger charge is -2.32. The van der Waals surface area contributed by atoms with Crippen molar-refractivity contribution in [3.63, 3.8) is 0 Å². The van der Waals surface area contributed by atoms with Gasteiger partial charge in [-0.25, -0.2) is 8.78 Å². The van der Waals surface area contributed by atoms with Gasteiger partial charge >= 0.3 is 0 Å². The fraction of sp³-hybridized carbons (Fsp3) is 0.533. The zero-order valence-electron chi connectivity index (χ0n) is 11.7. The van der Waals surface area contributed by atoms with E-state index in [2.05, 4.69) is 19.2 Å². The number of hydrogen-bond donors (Lipinski definition) is 2. The topological polar surface area (TPSA) is 55.1 Å². The average Bonchev–Trinajstić information content (AvgIpc) is 2.38. The van der Waals surface area contributed by atoms with E-state index >= 15 is 0 Å². The first kappa shape index (κ1) is 14.8. The predicted molar refractivity (Wildman–Crippen MR) is 74.2 cm³/mol. The SMILES string of the molecule is CC1CCC(NC(=O)c2cc(F)cc(N)c2F)CC1C. The first-order valence-electron chi connectivity index (χ1n) is 6.94. The molecule has 1 fully saturated rings. The largest absolute Gasteiger partial charge is 0.396 e. The Labute approximate surface area is 117 Å². The number of anilines is 1. The van der Waals surface area contributed by atoms with E-state index in [9.17, 15) is 13.6 Å². The van der Waals surface area contributed by atoms with Crippen molar-refractivity contribution in [3.8, 4) is 0 Å². The average molecular weight is 282 g/mol. The molecule has 0 spiro atoms. The Morgan fingerprint density at radius 1 is 1.25 bits per heavy atom. The lowest BCUT2D eigenvalue weighted by Crippen LogP contribution is -2.40. The Bertz CT molecular complexity index is 519. The number of benzene rings is 1. The second-order valence-electron chi connectivity index (χ2n) is 5.79. The summed E-state index contributed by atoms with van der Waals surface area (Å²) in [6.07, 6.45) is 2.75. The van der Waals surface area contributed by atoms with Gasteiger partial charge in [-0.3, -0.25) is 4.79 Å². The van der Waals surface area contributed by atoms with Gasteiger partial charge in [-0.1, -0.05) is 13.8 Å². The molecule has 1 amide bonds. The van der Waals surface area contributed by atoms with Gasteiger partial charge in [0.05, 0.1) is 11.3 Å². The second kappa shape index (κ2) is 5.77. The van der Waals surface area contributed by atoms with Crippen LogP contribution in [0.1, 0.15) is 43.5 Å². The monoisotopic (exact) mass is 282 g/mol. The maximum Gasteiger partial charge on any atom is 0.254 e. The maximum absolute atomic E-state index is 13.8. The van der Waals surface area contributed by atoms with Crippen molar-refractivity contribution in [1.29, 1.82) is 0 Å².